The van der Waals surface area contributed by atoms with Crippen LogP contribution in [0.1, 0.15) is 68.4 Å². The summed E-state index contributed by atoms with van der Waals surface area (Å²) < 4.78 is 4.63. The van der Waals surface area contributed by atoms with E-state index in [1.54, 1.807) is 18.3 Å². The fourth-order valence-electron chi connectivity index (χ4n) is 3.54. The molecule has 0 aromatic carbocycles. The zero-order valence-corrected chi connectivity index (χ0v) is 15.6. The minimum absolute atomic E-state index is 0.0606. The van der Waals surface area contributed by atoms with Crippen molar-refractivity contribution in [1.82, 2.24) is 10.3 Å². The van der Waals surface area contributed by atoms with E-state index in [0.717, 1.165) is 12.0 Å². The number of pyridine rings is 1. The van der Waals surface area contributed by atoms with Crippen LogP contribution in [0.2, 0.25) is 0 Å². The van der Waals surface area contributed by atoms with E-state index in [0.29, 0.717) is 18.4 Å². The summed E-state index contributed by atoms with van der Waals surface area (Å²) in [4.78, 5) is 28.1. The second-order valence-electron chi connectivity index (χ2n) is 7.35. The first-order valence-corrected chi connectivity index (χ1v) is 9.32. The Morgan fingerprint density at radius 1 is 1.24 bits per heavy atom. The van der Waals surface area contributed by atoms with Crippen molar-refractivity contribution in [3.05, 3.63) is 29.6 Å². The molecule has 0 spiro atoms. The minimum atomic E-state index is -0.456. The predicted molar refractivity (Wildman–Crippen MR) is 96.9 cm³/mol. The van der Waals surface area contributed by atoms with Crippen LogP contribution in [-0.4, -0.2) is 24.0 Å². The standard InChI is InChI=1S/C20H30N2O3/c1-14(2)17(11-15-7-5-4-6-8-15)19(23)22-13-16-9-10-18(21-12-16)20(24)25-3/h9-10,12,14-15,17H,4-8,11,13H2,1-3H3,(H,22,23). The molecule has 1 saturated carbocycles. The van der Waals surface area contributed by atoms with Crippen LogP contribution in [0.4, 0.5) is 0 Å². The molecule has 1 fully saturated rings. The van der Waals surface area contributed by atoms with Gasteiger partial charge in [0.1, 0.15) is 5.69 Å². The van der Waals surface area contributed by atoms with Crippen molar-refractivity contribution < 1.29 is 14.3 Å². The molecule has 1 amide bonds. The van der Waals surface area contributed by atoms with Gasteiger partial charge in [0.25, 0.3) is 0 Å². The number of esters is 1. The molecule has 1 aromatic rings. The van der Waals surface area contributed by atoms with Gasteiger partial charge in [-0.15, -0.1) is 0 Å². The third-order valence-electron chi connectivity index (χ3n) is 5.14. The zero-order chi connectivity index (χ0) is 18.2. The number of carbonyl (C=O) groups is 2. The van der Waals surface area contributed by atoms with Crippen LogP contribution in [0, 0.1) is 17.8 Å². The first kappa shape index (κ1) is 19.4. The molecular weight excluding hydrogens is 316 g/mol. The lowest BCUT2D eigenvalue weighted by Crippen LogP contribution is -2.34. The Labute approximate surface area is 150 Å². The molecule has 5 nitrogen and oxygen atoms in total. The summed E-state index contributed by atoms with van der Waals surface area (Å²) in [6, 6.07) is 3.42. The van der Waals surface area contributed by atoms with Crippen LogP contribution in [0.15, 0.2) is 18.3 Å². The van der Waals surface area contributed by atoms with Gasteiger partial charge in [0, 0.05) is 18.7 Å². The molecule has 1 aliphatic rings. The molecule has 138 valence electrons. The van der Waals surface area contributed by atoms with E-state index >= 15 is 0 Å². The minimum Gasteiger partial charge on any atom is -0.464 e. The molecule has 0 saturated heterocycles. The van der Waals surface area contributed by atoms with Crippen molar-refractivity contribution in [2.24, 2.45) is 17.8 Å². The number of hydrogen-bond acceptors (Lipinski definition) is 4. The second kappa shape index (κ2) is 9.54. The van der Waals surface area contributed by atoms with E-state index in [2.05, 4.69) is 28.9 Å². The molecule has 1 aliphatic carbocycles. The monoisotopic (exact) mass is 346 g/mol. The lowest BCUT2D eigenvalue weighted by Gasteiger charge is -2.28. The number of aromatic nitrogens is 1. The highest BCUT2D eigenvalue weighted by atomic mass is 16.5. The van der Waals surface area contributed by atoms with E-state index in [-0.39, 0.29) is 17.5 Å². The Hall–Kier alpha value is -1.91. The summed E-state index contributed by atoms with van der Waals surface area (Å²) in [5.74, 6) is 0.751. The fraction of sp³-hybridized carbons (Fsp3) is 0.650. The van der Waals surface area contributed by atoms with Gasteiger partial charge in [0.05, 0.1) is 7.11 Å². The van der Waals surface area contributed by atoms with Crippen molar-refractivity contribution >= 4 is 11.9 Å². The number of hydrogen-bond donors (Lipinski definition) is 1. The quantitative estimate of drug-likeness (QED) is 0.764. The van der Waals surface area contributed by atoms with Crippen molar-refractivity contribution in [2.75, 3.05) is 7.11 Å². The summed E-state index contributed by atoms with van der Waals surface area (Å²) in [6.45, 7) is 4.68. The van der Waals surface area contributed by atoms with Crippen LogP contribution in [-0.2, 0) is 16.1 Å². The lowest BCUT2D eigenvalue weighted by molar-refractivity contribution is -0.127. The van der Waals surface area contributed by atoms with Crippen molar-refractivity contribution in [1.29, 1.82) is 0 Å². The van der Waals surface area contributed by atoms with Gasteiger partial charge in [-0.2, -0.15) is 0 Å². The van der Waals surface area contributed by atoms with Gasteiger partial charge in [-0.3, -0.25) is 4.79 Å². The van der Waals surface area contributed by atoms with Crippen LogP contribution in [0.3, 0.4) is 0 Å². The van der Waals surface area contributed by atoms with E-state index in [9.17, 15) is 9.59 Å². The maximum absolute atomic E-state index is 12.6. The summed E-state index contributed by atoms with van der Waals surface area (Å²) in [7, 11) is 1.33. The Morgan fingerprint density at radius 2 is 1.96 bits per heavy atom. The van der Waals surface area contributed by atoms with Crippen LogP contribution in [0.25, 0.3) is 0 Å². The van der Waals surface area contributed by atoms with Gasteiger partial charge in [-0.05, 0) is 29.9 Å². The molecule has 0 bridgehead atoms. The highest BCUT2D eigenvalue weighted by molar-refractivity contribution is 5.87. The van der Waals surface area contributed by atoms with Crippen LogP contribution in [0.5, 0.6) is 0 Å². The molecule has 1 atom stereocenters. The summed E-state index contributed by atoms with van der Waals surface area (Å²) in [6.07, 6.45) is 9.06. The highest BCUT2D eigenvalue weighted by Gasteiger charge is 2.26. The maximum Gasteiger partial charge on any atom is 0.356 e. The number of amides is 1. The first-order valence-electron chi connectivity index (χ1n) is 9.32. The van der Waals surface area contributed by atoms with Gasteiger partial charge in [-0.25, -0.2) is 9.78 Å². The largest absolute Gasteiger partial charge is 0.464 e. The highest BCUT2D eigenvalue weighted by Crippen LogP contribution is 2.31. The van der Waals surface area contributed by atoms with Gasteiger partial charge in [0.15, 0.2) is 0 Å². The van der Waals surface area contributed by atoms with Gasteiger partial charge in [0.2, 0.25) is 5.91 Å². The Balaban J connectivity index is 1.88. The molecule has 0 radical (unpaired) electrons. The average molecular weight is 346 g/mol. The predicted octanol–water partition coefficient (Wildman–Crippen LogP) is 3.73. The molecule has 25 heavy (non-hydrogen) atoms. The molecule has 1 heterocycles. The molecule has 2 rings (SSSR count). The molecule has 0 aliphatic heterocycles. The topological polar surface area (TPSA) is 68.3 Å². The maximum atomic E-state index is 12.6. The van der Waals surface area contributed by atoms with Gasteiger partial charge < -0.3 is 10.1 Å². The first-order chi connectivity index (χ1) is 12.0. The average Bonchev–Trinajstić information content (AvgIpc) is 2.64. The van der Waals surface area contributed by atoms with E-state index < -0.39 is 5.97 Å². The SMILES string of the molecule is COC(=O)c1ccc(CNC(=O)C(CC2CCCCC2)C(C)C)cn1. The normalized spacial score (nSPS) is 16.5. The molecule has 5 heteroatoms. The van der Waals surface area contributed by atoms with Crippen molar-refractivity contribution in [3.63, 3.8) is 0 Å². The zero-order valence-electron chi connectivity index (χ0n) is 15.6. The van der Waals surface area contributed by atoms with Crippen LogP contribution >= 0.6 is 0 Å². The second-order valence-corrected chi connectivity index (χ2v) is 7.35. The van der Waals surface area contributed by atoms with E-state index in [1.807, 2.05) is 0 Å². The van der Waals surface area contributed by atoms with Crippen molar-refractivity contribution in [2.45, 2.75) is 58.9 Å². The Kier molecular flexibility index (Phi) is 7.41. The number of methoxy groups -OCH3 is 1. The van der Waals surface area contributed by atoms with Crippen LogP contribution < -0.4 is 5.32 Å². The lowest BCUT2D eigenvalue weighted by atomic mass is 9.79. The summed E-state index contributed by atoms with van der Waals surface area (Å²) >= 11 is 0. The number of ether oxygens (including phenoxy) is 1. The Bertz CT molecular complexity index is 563. The summed E-state index contributed by atoms with van der Waals surface area (Å²) in [5, 5.41) is 3.04. The van der Waals surface area contributed by atoms with Crippen molar-refractivity contribution in [3.8, 4) is 0 Å². The number of carbonyl (C=O) groups excluding carboxylic acids is 2. The van der Waals surface area contributed by atoms with E-state index in [4.69, 9.17) is 0 Å². The molecule has 1 N–H and O–H groups in total. The summed E-state index contributed by atoms with van der Waals surface area (Å²) in [5.41, 5.74) is 1.15. The molecule has 1 unspecified atom stereocenters. The number of rotatable bonds is 7. The number of nitrogens with zero attached hydrogens (tertiary/aromatic N) is 1. The van der Waals surface area contributed by atoms with Gasteiger partial charge >= 0.3 is 5.97 Å². The van der Waals surface area contributed by atoms with Gasteiger partial charge in [-0.1, -0.05) is 52.0 Å². The molecular formula is C20H30N2O3. The molecule has 1 aromatic heterocycles. The fourth-order valence-corrected chi connectivity index (χ4v) is 3.54. The number of nitrogens with one attached hydrogen (secondary N) is 1. The Morgan fingerprint density at radius 3 is 2.52 bits per heavy atom. The third-order valence-corrected chi connectivity index (χ3v) is 5.14. The van der Waals surface area contributed by atoms with E-state index in [1.165, 1.54) is 39.2 Å². The smallest absolute Gasteiger partial charge is 0.356 e. The third kappa shape index (κ3) is 5.83.